The highest BCUT2D eigenvalue weighted by molar-refractivity contribution is 5.86. The molecule has 17 heavy (non-hydrogen) atoms. The molecule has 0 radical (unpaired) electrons. The molecule has 2 heterocycles. The van der Waals surface area contributed by atoms with Crippen molar-refractivity contribution >= 4 is 5.97 Å². The standard InChI is InChI=1S/C11H10N2O4/c1-13-4-12-6-3-7(14)5-2-8(11(15)16)17-10(5)9(6)13/h2,4,7,14H,3H2,1H3,(H,15,16). The molecule has 1 atom stereocenters. The van der Waals surface area contributed by atoms with Crippen molar-refractivity contribution in [3.05, 3.63) is 29.4 Å². The predicted molar refractivity (Wildman–Crippen MR) is 56.5 cm³/mol. The molecule has 0 saturated heterocycles. The lowest BCUT2D eigenvalue weighted by molar-refractivity contribution is 0.0663. The number of aromatic carboxylic acids is 1. The molecule has 0 amide bonds. The number of carboxylic acid groups (broad SMARTS) is 1. The van der Waals surface area contributed by atoms with Crippen LogP contribution < -0.4 is 0 Å². The summed E-state index contributed by atoms with van der Waals surface area (Å²) in [6.07, 6.45) is 1.24. The predicted octanol–water partition coefficient (Wildman–Crippen LogP) is 0.968. The van der Waals surface area contributed by atoms with E-state index >= 15 is 0 Å². The van der Waals surface area contributed by atoms with E-state index in [-0.39, 0.29) is 5.76 Å². The minimum absolute atomic E-state index is 0.164. The van der Waals surface area contributed by atoms with Crippen LogP contribution in [0.2, 0.25) is 0 Å². The van der Waals surface area contributed by atoms with E-state index in [0.717, 1.165) is 11.4 Å². The van der Waals surface area contributed by atoms with Gasteiger partial charge in [0.1, 0.15) is 5.69 Å². The van der Waals surface area contributed by atoms with Gasteiger partial charge in [0.05, 0.1) is 18.1 Å². The zero-order chi connectivity index (χ0) is 12.2. The lowest BCUT2D eigenvalue weighted by Gasteiger charge is -2.16. The van der Waals surface area contributed by atoms with Gasteiger partial charge in [-0.15, -0.1) is 0 Å². The van der Waals surface area contributed by atoms with Crippen LogP contribution in [0.3, 0.4) is 0 Å². The number of rotatable bonds is 1. The second kappa shape index (κ2) is 3.21. The van der Waals surface area contributed by atoms with E-state index < -0.39 is 12.1 Å². The third kappa shape index (κ3) is 1.31. The van der Waals surface area contributed by atoms with Gasteiger partial charge in [0.25, 0.3) is 0 Å². The van der Waals surface area contributed by atoms with E-state index in [9.17, 15) is 9.90 Å². The van der Waals surface area contributed by atoms with Gasteiger partial charge < -0.3 is 19.2 Å². The summed E-state index contributed by atoms with van der Waals surface area (Å²) in [5.74, 6) is -0.908. The first kappa shape index (κ1) is 10.1. The highest BCUT2D eigenvalue weighted by atomic mass is 16.4. The van der Waals surface area contributed by atoms with E-state index in [1.54, 1.807) is 17.9 Å². The molecule has 6 nitrogen and oxygen atoms in total. The molecule has 2 aromatic rings. The highest BCUT2D eigenvalue weighted by Crippen LogP contribution is 2.39. The van der Waals surface area contributed by atoms with Gasteiger partial charge >= 0.3 is 5.97 Å². The van der Waals surface area contributed by atoms with Gasteiger partial charge in [0.15, 0.2) is 5.76 Å². The van der Waals surface area contributed by atoms with Crippen LogP contribution in [0.4, 0.5) is 0 Å². The number of hydrogen-bond donors (Lipinski definition) is 2. The Labute approximate surface area is 96.1 Å². The summed E-state index contributed by atoms with van der Waals surface area (Å²) < 4.78 is 7.04. The fraction of sp³-hybridized carbons (Fsp3) is 0.273. The number of aryl methyl sites for hydroxylation is 1. The molecule has 6 heteroatoms. The molecule has 0 fully saturated rings. The molecule has 1 aliphatic rings. The van der Waals surface area contributed by atoms with Gasteiger partial charge in [0, 0.05) is 19.0 Å². The van der Waals surface area contributed by atoms with Crippen molar-refractivity contribution in [3.8, 4) is 11.5 Å². The Kier molecular flexibility index (Phi) is 1.90. The molecule has 0 aromatic carbocycles. The summed E-state index contributed by atoms with van der Waals surface area (Å²) in [7, 11) is 1.80. The maximum Gasteiger partial charge on any atom is 0.371 e. The molecule has 0 aliphatic heterocycles. The lowest BCUT2D eigenvalue weighted by Crippen LogP contribution is -2.10. The minimum Gasteiger partial charge on any atom is -0.475 e. The van der Waals surface area contributed by atoms with Crippen LogP contribution in [0.15, 0.2) is 16.8 Å². The SMILES string of the molecule is Cn1cnc2c1-c1oc(C(=O)O)cc1C(O)C2. The fourth-order valence-corrected chi connectivity index (χ4v) is 2.16. The number of nitrogens with zero attached hydrogens (tertiary/aromatic N) is 2. The molecular formula is C11H10N2O4. The largest absolute Gasteiger partial charge is 0.475 e. The highest BCUT2D eigenvalue weighted by Gasteiger charge is 2.31. The minimum atomic E-state index is -1.14. The summed E-state index contributed by atoms with van der Waals surface area (Å²) in [5.41, 5.74) is 1.97. The van der Waals surface area contributed by atoms with E-state index in [4.69, 9.17) is 9.52 Å². The lowest BCUT2D eigenvalue weighted by atomic mass is 9.96. The maximum absolute atomic E-state index is 10.9. The van der Waals surface area contributed by atoms with E-state index in [2.05, 4.69) is 4.98 Å². The molecule has 0 saturated carbocycles. The van der Waals surface area contributed by atoms with Gasteiger partial charge in [-0.2, -0.15) is 0 Å². The quantitative estimate of drug-likeness (QED) is 0.767. The van der Waals surface area contributed by atoms with E-state index in [1.807, 2.05) is 0 Å². The van der Waals surface area contributed by atoms with Gasteiger partial charge in [0.2, 0.25) is 5.76 Å². The maximum atomic E-state index is 10.9. The van der Waals surface area contributed by atoms with Gasteiger partial charge in [-0.25, -0.2) is 9.78 Å². The molecule has 2 N–H and O–H groups in total. The summed E-state index contributed by atoms with van der Waals surface area (Å²) in [6.45, 7) is 0. The van der Waals surface area contributed by atoms with Crippen molar-refractivity contribution in [2.24, 2.45) is 7.05 Å². The molecule has 1 aliphatic carbocycles. The third-order valence-electron chi connectivity index (χ3n) is 2.95. The normalized spacial score (nSPS) is 17.6. The first-order valence-electron chi connectivity index (χ1n) is 5.13. The molecule has 0 bridgehead atoms. The van der Waals surface area contributed by atoms with Crippen LogP contribution in [0, 0.1) is 0 Å². The van der Waals surface area contributed by atoms with Crippen LogP contribution in [0.1, 0.15) is 27.9 Å². The number of aliphatic hydroxyl groups excluding tert-OH is 1. The molecule has 3 rings (SSSR count). The second-order valence-corrected chi connectivity index (χ2v) is 4.07. The number of imidazole rings is 1. The summed E-state index contributed by atoms with van der Waals surface area (Å²) in [5, 5.41) is 18.8. The Morgan fingerprint density at radius 3 is 3.12 bits per heavy atom. The first-order valence-corrected chi connectivity index (χ1v) is 5.13. The number of aliphatic hydroxyl groups is 1. The van der Waals surface area contributed by atoms with Crippen LogP contribution in [0.25, 0.3) is 11.5 Å². The smallest absolute Gasteiger partial charge is 0.371 e. The van der Waals surface area contributed by atoms with Crippen LogP contribution >= 0.6 is 0 Å². The van der Waals surface area contributed by atoms with Crippen molar-refractivity contribution in [2.75, 3.05) is 0 Å². The third-order valence-corrected chi connectivity index (χ3v) is 2.95. The number of carbonyl (C=O) groups is 1. The van der Waals surface area contributed by atoms with Gasteiger partial charge in [-0.1, -0.05) is 0 Å². The van der Waals surface area contributed by atoms with Crippen LogP contribution in [0.5, 0.6) is 0 Å². The Morgan fingerprint density at radius 2 is 2.41 bits per heavy atom. The van der Waals surface area contributed by atoms with E-state index in [0.29, 0.717) is 17.7 Å². The summed E-state index contributed by atoms with van der Waals surface area (Å²) >= 11 is 0. The number of furan rings is 1. The Balaban J connectivity index is 2.26. The monoisotopic (exact) mass is 234 g/mol. The number of fused-ring (bicyclic) bond motifs is 3. The van der Waals surface area contributed by atoms with Crippen LogP contribution in [-0.4, -0.2) is 25.7 Å². The Morgan fingerprint density at radius 1 is 1.65 bits per heavy atom. The zero-order valence-corrected chi connectivity index (χ0v) is 9.04. The molecule has 1 unspecified atom stereocenters. The number of aromatic nitrogens is 2. The summed E-state index contributed by atoms with van der Waals surface area (Å²) in [6, 6.07) is 1.37. The Hall–Kier alpha value is -2.08. The number of carboxylic acids is 1. The second-order valence-electron chi connectivity index (χ2n) is 4.07. The molecule has 2 aromatic heterocycles. The Bertz CT molecular complexity index is 611. The number of hydrogen-bond acceptors (Lipinski definition) is 4. The molecular weight excluding hydrogens is 224 g/mol. The van der Waals surface area contributed by atoms with Gasteiger partial charge in [-0.3, -0.25) is 0 Å². The van der Waals surface area contributed by atoms with Gasteiger partial charge in [-0.05, 0) is 6.07 Å². The van der Waals surface area contributed by atoms with Crippen molar-refractivity contribution in [2.45, 2.75) is 12.5 Å². The molecule has 88 valence electrons. The van der Waals surface area contributed by atoms with Crippen molar-refractivity contribution in [3.63, 3.8) is 0 Å². The molecule has 0 spiro atoms. The zero-order valence-electron chi connectivity index (χ0n) is 9.04. The first-order chi connectivity index (χ1) is 8.08. The average molecular weight is 234 g/mol. The van der Waals surface area contributed by atoms with E-state index in [1.165, 1.54) is 6.07 Å². The van der Waals surface area contributed by atoms with Crippen molar-refractivity contribution in [1.82, 2.24) is 9.55 Å². The fourth-order valence-electron chi connectivity index (χ4n) is 2.16. The topological polar surface area (TPSA) is 88.5 Å². The van der Waals surface area contributed by atoms with Crippen molar-refractivity contribution in [1.29, 1.82) is 0 Å². The van der Waals surface area contributed by atoms with Crippen LogP contribution in [-0.2, 0) is 13.5 Å². The summed E-state index contributed by atoms with van der Waals surface area (Å²) in [4.78, 5) is 15.0. The van der Waals surface area contributed by atoms with Crippen molar-refractivity contribution < 1.29 is 19.4 Å². The average Bonchev–Trinajstić information content (AvgIpc) is 2.83.